The molecule has 1 fully saturated rings. The molecule has 1 atom stereocenters. The van der Waals surface area contributed by atoms with Crippen LogP contribution in [0.2, 0.25) is 0 Å². The maximum Gasteiger partial charge on any atom is 0.255 e. The number of hydrogen-bond donors (Lipinski definition) is 1. The van der Waals surface area contributed by atoms with Crippen LogP contribution in [0.15, 0.2) is 48.5 Å². The number of aryl methyl sites for hydroxylation is 1. The second-order valence-electron chi connectivity index (χ2n) is 6.41. The van der Waals surface area contributed by atoms with Crippen molar-refractivity contribution in [3.05, 3.63) is 59.7 Å². The molecule has 120 valence electrons. The van der Waals surface area contributed by atoms with E-state index in [2.05, 4.69) is 29.3 Å². The minimum absolute atomic E-state index is 0.0657. The van der Waals surface area contributed by atoms with Gasteiger partial charge in [0.2, 0.25) is 0 Å². The molecule has 3 heteroatoms. The molecule has 1 heterocycles. The summed E-state index contributed by atoms with van der Waals surface area (Å²) in [6.07, 6.45) is 3.84. The van der Waals surface area contributed by atoms with Gasteiger partial charge in [0.25, 0.3) is 5.91 Å². The largest absolute Gasteiger partial charge is 0.369 e. The Morgan fingerprint density at radius 3 is 2.39 bits per heavy atom. The summed E-state index contributed by atoms with van der Waals surface area (Å²) in [6, 6.07) is 16.4. The van der Waals surface area contributed by atoms with E-state index in [-0.39, 0.29) is 5.91 Å². The third kappa shape index (κ3) is 3.73. The zero-order valence-corrected chi connectivity index (χ0v) is 13.9. The van der Waals surface area contributed by atoms with Crippen LogP contribution in [0.1, 0.15) is 42.1 Å². The summed E-state index contributed by atoms with van der Waals surface area (Å²) in [5.41, 5.74) is 3.92. The molecule has 2 aromatic carbocycles. The lowest BCUT2D eigenvalue weighted by atomic mass is 10.0. The fourth-order valence-electron chi connectivity index (χ4n) is 3.13. The Bertz CT molecular complexity index is 661. The van der Waals surface area contributed by atoms with Gasteiger partial charge in [0.1, 0.15) is 0 Å². The van der Waals surface area contributed by atoms with Gasteiger partial charge in [-0.2, -0.15) is 0 Å². The van der Waals surface area contributed by atoms with Crippen molar-refractivity contribution in [2.24, 2.45) is 0 Å². The molecule has 1 unspecified atom stereocenters. The van der Waals surface area contributed by atoms with Gasteiger partial charge in [-0.25, -0.2) is 0 Å². The molecule has 0 saturated carbocycles. The summed E-state index contributed by atoms with van der Waals surface area (Å²) >= 11 is 0. The van der Waals surface area contributed by atoms with Gasteiger partial charge in [0.05, 0.1) is 0 Å². The number of carbonyl (C=O) groups excluding carboxylic acids is 1. The fourth-order valence-corrected chi connectivity index (χ4v) is 3.13. The second kappa shape index (κ2) is 6.86. The van der Waals surface area contributed by atoms with Gasteiger partial charge in [-0.1, -0.05) is 17.7 Å². The molecule has 0 radical (unpaired) electrons. The Hall–Kier alpha value is -2.29. The monoisotopic (exact) mass is 308 g/mol. The van der Waals surface area contributed by atoms with Crippen LogP contribution in [0.5, 0.6) is 0 Å². The number of hydrogen-bond acceptors (Lipinski definition) is 2. The van der Waals surface area contributed by atoms with Gasteiger partial charge in [0, 0.05) is 29.5 Å². The van der Waals surface area contributed by atoms with Gasteiger partial charge in [-0.05, 0) is 69.5 Å². The predicted octanol–water partition coefficient (Wildman–Crippen LogP) is 4.63. The zero-order valence-electron chi connectivity index (χ0n) is 13.9. The van der Waals surface area contributed by atoms with E-state index in [0.29, 0.717) is 11.6 Å². The number of nitrogens with zero attached hydrogens (tertiary/aromatic N) is 1. The molecule has 1 amide bonds. The lowest BCUT2D eigenvalue weighted by Crippen LogP contribution is -2.37. The summed E-state index contributed by atoms with van der Waals surface area (Å²) in [7, 11) is 0. The minimum atomic E-state index is -0.0657. The third-order valence-corrected chi connectivity index (χ3v) is 4.57. The highest BCUT2D eigenvalue weighted by Crippen LogP contribution is 2.25. The highest BCUT2D eigenvalue weighted by Gasteiger charge is 2.18. The lowest BCUT2D eigenvalue weighted by Gasteiger charge is -2.35. The predicted molar refractivity (Wildman–Crippen MR) is 96.2 cm³/mol. The van der Waals surface area contributed by atoms with Gasteiger partial charge < -0.3 is 10.2 Å². The molecule has 1 N–H and O–H groups in total. The molecule has 1 aliphatic rings. The van der Waals surface area contributed by atoms with Crippen molar-refractivity contribution in [2.45, 2.75) is 39.2 Å². The Labute approximate surface area is 138 Å². The Kier molecular flexibility index (Phi) is 4.65. The molecule has 0 aliphatic carbocycles. The minimum Gasteiger partial charge on any atom is -0.369 e. The Balaban J connectivity index is 1.67. The lowest BCUT2D eigenvalue weighted by molar-refractivity contribution is 0.102. The number of carbonyl (C=O) groups is 1. The molecule has 0 spiro atoms. The molecule has 1 aliphatic heterocycles. The number of rotatable bonds is 3. The van der Waals surface area contributed by atoms with Gasteiger partial charge in [0.15, 0.2) is 0 Å². The summed E-state index contributed by atoms with van der Waals surface area (Å²) < 4.78 is 0. The molecule has 0 bridgehead atoms. The molecular formula is C20H24N2O. The maximum atomic E-state index is 12.2. The van der Waals surface area contributed by atoms with E-state index in [9.17, 15) is 4.79 Å². The standard InChI is InChI=1S/C20H24N2O/c1-15-6-8-17(9-7-15)20(23)21-18-10-12-19(13-11-18)22-14-4-3-5-16(22)2/h6-13,16H,3-5,14H2,1-2H3,(H,21,23). The van der Waals surface area contributed by atoms with Crippen LogP contribution >= 0.6 is 0 Å². The van der Waals surface area contributed by atoms with Crippen molar-refractivity contribution < 1.29 is 4.79 Å². The molecule has 2 aromatic rings. The van der Waals surface area contributed by atoms with Crippen molar-refractivity contribution >= 4 is 17.3 Å². The summed E-state index contributed by atoms with van der Waals surface area (Å²) in [5, 5.41) is 2.96. The van der Waals surface area contributed by atoms with Crippen LogP contribution in [0, 0.1) is 6.92 Å². The number of benzene rings is 2. The Morgan fingerprint density at radius 1 is 1.04 bits per heavy atom. The van der Waals surface area contributed by atoms with Crippen molar-refractivity contribution in [2.75, 3.05) is 16.8 Å². The molecule has 23 heavy (non-hydrogen) atoms. The van der Waals surface area contributed by atoms with Gasteiger partial charge >= 0.3 is 0 Å². The third-order valence-electron chi connectivity index (χ3n) is 4.57. The number of amides is 1. The SMILES string of the molecule is Cc1ccc(C(=O)Nc2ccc(N3CCCCC3C)cc2)cc1. The molecular weight excluding hydrogens is 284 g/mol. The highest BCUT2D eigenvalue weighted by atomic mass is 16.1. The van der Waals surface area contributed by atoms with Crippen LogP contribution in [0.25, 0.3) is 0 Å². The smallest absolute Gasteiger partial charge is 0.255 e. The molecule has 3 rings (SSSR count). The first-order valence-electron chi connectivity index (χ1n) is 8.38. The van der Waals surface area contributed by atoms with E-state index < -0.39 is 0 Å². The molecule has 0 aromatic heterocycles. The van der Waals surface area contributed by atoms with Crippen LogP contribution in [0.4, 0.5) is 11.4 Å². The van der Waals surface area contributed by atoms with Crippen molar-refractivity contribution in [1.82, 2.24) is 0 Å². The Morgan fingerprint density at radius 2 is 1.74 bits per heavy atom. The average Bonchev–Trinajstić information content (AvgIpc) is 2.57. The second-order valence-corrected chi connectivity index (χ2v) is 6.41. The number of nitrogens with one attached hydrogen (secondary N) is 1. The average molecular weight is 308 g/mol. The summed E-state index contributed by atoms with van der Waals surface area (Å²) in [4.78, 5) is 14.7. The highest BCUT2D eigenvalue weighted by molar-refractivity contribution is 6.04. The molecule has 1 saturated heterocycles. The van der Waals surface area contributed by atoms with E-state index >= 15 is 0 Å². The van der Waals surface area contributed by atoms with Crippen LogP contribution in [-0.4, -0.2) is 18.5 Å². The zero-order chi connectivity index (χ0) is 16.2. The van der Waals surface area contributed by atoms with Gasteiger partial charge in [-0.15, -0.1) is 0 Å². The van der Waals surface area contributed by atoms with Crippen LogP contribution < -0.4 is 10.2 Å². The van der Waals surface area contributed by atoms with Gasteiger partial charge in [-0.3, -0.25) is 4.79 Å². The first kappa shape index (κ1) is 15.6. The quantitative estimate of drug-likeness (QED) is 0.897. The first-order valence-corrected chi connectivity index (χ1v) is 8.38. The fraction of sp³-hybridized carbons (Fsp3) is 0.350. The van der Waals surface area contributed by atoms with E-state index in [1.54, 1.807) is 0 Å². The van der Waals surface area contributed by atoms with E-state index in [0.717, 1.165) is 17.8 Å². The maximum absolute atomic E-state index is 12.2. The topological polar surface area (TPSA) is 32.3 Å². The van der Waals surface area contributed by atoms with Crippen LogP contribution in [-0.2, 0) is 0 Å². The van der Waals surface area contributed by atoms with E-state index in [1.807, 2.05) is 43.3 Å². The van der Waals surface area contributed by atoms with Crippen molar-refractivity contribution in [1.29, 1.82) is 0 Å². The normalized spacial score (nSPS) is 17.8. The van der Waals surface area contributed by atoms with Crippen molar-refractivity contribution in [3.63, 3.8) is 0 Å². The van der Waals surface area contributed by atoms with E-state index in [1.165, 1.54) is 24.9 Å². The first-order chi connectivity index (χ1) is 11.1. The molecule has 3 nitrogen and oxygen atoms in total. The number of anilines is 2. The summed E-state index contributed by atoms with van der Waals surface area (Å²) in [5.74, 6) is -0.0657. The number of piperidine rings is 1. The van der Waals surface area contributed by atoms with E-state index in [4.69, 9.17) is 0 Å². The van der Waals surface area contributed by atoms with Crippen LogP contribution in [0.3, 0.4) is 0 Å². The van der Waals surface area contributed by atoms with Crippen molar-refractivity contribution in [3.8, 4) is 0 Å². The summed E-state index contributed by atoms with van der Waals surface area (Å²) in [6.45, 7) is 5.42.